The lowest BCUT2D eigenvalue weighted by atomic mass is 10.1. The van der Waals surface area contributed by atoms with E-state index in [4.69, 9.17) is 5.84 Å². The van der Waals surface area contributed by atoms with E-state index in [2.05, 4.69) is 48.6 Å². The fraction of sp³-hybridized carbons (Fsp3) is 0.417. The highest BCUT2D eigenvalue weighted by Crippen LogP contribution is 2.13. The maximum atomic E-state index is 5.39. The van der Waals surface area contributed by atoms with Gasteiger partial charge in [-0.05, 0) is 43.5 Å². The van der Waals surface area contributed by atoms with Crippen LogP contribution in [-0.2, 0) is 0 Å². The van der Waals surface area contributed by atoms with Crippen LogP contribution in [0.25, 0.3) is 0 Å². The number of nitrogens with two attached hydrogens (primary N) is 1. The summed E-state index contributed by atoms with van der Waals surface area (Å²) < 4.78 is 0. The third-order valence-electron chi connectivity index (χ3n) is 2.40. The molecular weight excluding hydrogens is 200 g/mol. The Labute approximate surface area is 96.9 Å². The van der Waals surface area contributed by atoms with Crippen molar-refractivity contribution in [2.24, 2.45) is 10.8 Å². The van der Waals surface area contributed by atoms with Crippen LogP contribution in [-0.4, -0.2) is 12.5 Å². The number of aryl methyl sites for hydroxylation is 2. The number of benzene rings is 1. The molecule has 4 N–H and O–H groups in total. The predicted octanol–water partition coefficient (Wildman–Crippen LogP) is 1.94. The molecule has 0 fully saturated rings. The predicted molar refractivity (Wildman–Crippen MR) is 69.5 cm³/mol. The van der Waals surface area contributed by atoms with Gasteiger partial charge in [0.2, 0.25) is 5.96 Å². The molecule has 4 heteroatoms. The van der Waals surface area contributed by atoms with Crippen molar-refractivity contribution in [3.8, 4) is 0 Å². The third kappa shape index (κ3) is 3.55. The van der Waals surface area contributed by atoms with E-state index in [9.17, 15) is 0 Å². The molecule has 0 aromatic heterocycles. The summed E-state index contributed by atoms with van der Waals surface area (Å²) >= 11 is 0. The Morgan fingerprint density at radius 2 is 2.06 bits per heavy atom. The topological polar surface area (TPSA) is 62.4 Å². The SMILES string of the molecule is CCCN=C(NN)Nc1ccc(C)c(C)c1. The molecule has 0 radical (unpaired) electrons. The van der Waals surface area contributed by atoms with Gasteiger partial charge in [0.15, 0.2) is 0 Å². The highest BCUT2D eigenvalue weighted by molar-refractivity contribution is 5.93. The number of hydrogen-bond donors (Lipinski definition) is 3. The Morgan fingerprint density at radius 1 is 1.31 bits per heavy atom. The highest BCUT2D eigenvalue weighted by Gasteiger charge is 1.99. The minimum atomic E-state index is 0.602. The van der Waals surface area contributed by atoms with E-state index in [-0.39, 0.29) is 0 Å². The lowest BCUT2D eigenvalue weighted by molar-refractivity contribution is 0.905. The van der Waals surface area contributed by atoms with Gasteiger partial charge in [0.25, 0.3) is 0 Å². The number of anilines is 1. The summed E-state index contributed by atoms with van der Waals surface area (Å²) in [4.78, 5) is 4.28. The molecule has 0 atom stereocenters. The summed E-state index contributed by atoms with van der Waals surface area (Å²) in [5, 5.41) is 3.15. The van der Waals surface area contributed by atoms with Crippen LogP contribution in [0.3, 0.4) is 0 Å². The zero-order valence-corrected chi connectivity index (χ0v) is 10.2. The lowest BCUT2D eigenvalue weighted by Gasteiger charge is -2.10. The molecule has 1 aromatic rings. The Bertz CT molecular complexity index is 371. The maximum Gasteiger partial charge on any atom is 0.210 e. The first-order valence-corrected chi connectivity index (χ1v) is 5.52. The molecule has 0 aliphatic heterocycles. The fourth-order valence-corrected chi connectivity index (χ4v) is 1.30. The second kappa shape index (κ2) is 6.12. The minimum Gasteiger partial charge on any atom is -0.325 e. The van der Waals surface area contributed by atoms with Crippen LogP contribution in [0.5, 0.6) is 0 Å². The molecule has 1 aromatic carbocycles. The van der Waals surface area contributed by atoms with E-state index in [1.165, 1.54) is 11.1 Å². The van der Waals surface area contributed by atoms with Gasteiger partial charge in [0.1, 0.15) is 0 Å². The zero-order valence-electron chi connectivity index (χ0n) is 10.2. The van der Waals surface area contributed by atoms with Gasteiger partial charge in [-0.3, -0.25) is 10.4 Å². The molecule has 1 rings (SSSR count). The van der Waals surface area contributed by atoms with Gasteiger partial charge in [-0.15, -0.1) is 0 Å². The van der Waals surface area contributed by atoms with Gasteiger partial charge in [-0.25, -0.2) is 5.84 Å². The Morgan fingerprint density at radius 3 is 2.62 bits per heavy atom. The van der Waals surface area contributed by atoms with E-state index < -0.39 is 0 Å². The van der Waals surface area contributed by atoms with Crippen molar-refractivity contribution in [1.82, 2.24) is 5.43 Å². The summed E-state index contributed by atoms with van der Waals surface area (Å²) in [5.74, 6) is 5.99. The number of nitrogens with one attached hydrogen (secondary N) is 2. The van der Waals surface area contributed by atoms with Crippen molar-refractivity contribution in [2.45, 2.75) is 27.2 Å². The Kier molecular flexibility index (Phi) is 4.79. The van der Waals surface area contributed by atoms with Gasteiger partial charge in [0, 0.05) is 12.2 Å². The molecule has 0 heterocycles. The number of aliphatic imine (C=N–C) groups is 1. The monoisotopic (exact) mass is 220 g/mol. The van der Waals surface area contributed by atoms with Gasteiger partial charge >= 0.3 is 0 Å². The van der Waals surface area contributed by atoms with E-state index >= 15 is 0 Å². The lowest BCUT2D eigenvalue weighted by Crippen LogP contribution is -2.36. The van der Waals surface area contributed by atoms with Crippen LogP contribution in [0.1, 0.15) is 24.5 Å². The van der Waals surface area contributed by atoms with Crippen molar-refractivity contribution in [3.63, 3.8) is 0 Å². The van der Waals surface area contributed by atoms with Crippen molar-refractivity contribution in [1.29, 1.82) is 0 Å². The van der Waals surface area contributed by atoms with Crippen molar-refractivity contribution in [3.05, 3.63) is 29.3 Å². The molecule has 0 aliphatic rings. The molecule has 0 amide bonds. The van der Waals surface area contributed by atoms with Crippen molar-refractivity contribution < 1.29 is 0 Å². The molecule has 0 saturated heterocycles. The van der Waals surface area contributed by atoms with Crippen LogP contribution in [0.4, 0.5) is 5.69 Å². The Hall–Kier alpha value is -1.55. The second-order valence-corrected chi connectivity index (χ2v) is 3.80. The van der Waals surface area contributed by atoms with Crippen LogP contribution in [0, 0.1) is 13.8 Å². The summed E-state index contributed by atoms with van der Waals surface area (Å²) in [5.41, 5.74) is 6.08. The molecule has 0 aliphatic carbocycles. The maximum absolute atomic E-state index is 5.39. The van der Waals surface area contributed by atoms with Crippen LogP contribution in [0.2, 0.25) is 0 Å². The second-order valence-electron chi connectivity index (χ2n) is 3.80. The fourth-order valence-electron chi connectivity index (χ4n) is 1.30. The molecule has 0 saturated carbocycles. The van der Waals surface area contributed by atoms with Crippen LogP contribution >= 0.6 is 0 Å². The minimum absolute atomic E-state index is 0.602. The molecule has 0 unspecified atom stereocenters. The summed E-state index contributed by atoms with van der Waals surface area (Å²) in [6, 6.07) is 6.17. The van der Waals surface area contributed by atoms with Gasteiger partial charge in [-0.2, -0.15) is 0 Å². The van der Waals surface area contributed by atoms with Gasteiger partial charge in [0.05, 0.1) is 0 Å². The summed E-state index contributed by atoms with van der Waals surface area (Å²) in [7, 11) is 0. The summed E-state index contributed by atoms with van der Waals surface area (Å²) in [6.07, 6.45) is 1.000. The van der Waals surface area contributed by atoms with E-state index in [1.54, 1.807) is 0 Å². The summed E-state index contributed by atoms with van der Waals surface area (Å²) in [6.45, 7) is 7.01. The van der Waals surface area contributed by atoms with Gasteiger partial charge in [-0.1, -0.05) is 13.0 Å². The molecule has 16 heavy (non-hydrogen) atoms. The molecular formula is C12H20N4. The van der Waals surface area contributed by atoms with Crippen molar-refractivity contribution >= 4 is 11.6 Å². The quantitative estimate of drug-likeness (QED) is 0.316. The van der Waals surface area contributed by atoms with E-state index in [0.29, 0.717) is 5.96 Å². The average molecular weight is 220 g/mol. The standard InChI is InChI=1S/C12H20N4/c1-4-7-14-12(16-13)15-11-6-5-9(2)10(3)8-11/h5-6,8H,4,7,13H2,1-3H3,(H2,14,15,16). The van der Waals surface area contributed by atoms with Crippen molar-refractivity contribution in [2.75, 3.05) is 11.9 Å². The number of nitrogens with zero attached hydrogens (tertiary/aromatic N) is 1. The van der Waals surface area contributed by atoms with E-state index in [0.717, 1.165) is 18.7 Å². The number of guanidine groups is 1. The van der Waals surface area contributed by atoms with Crippen LogP contribution in [0.15, 0.2) is 23.2 Å². The van der Waals surface area contributed by atoms with Crippen LogP contribution < -0.4 is 16.6 Å². The largest absolute Gasteiger partial charge is 0.325 e. The molecule has 88 valence electrons. The smallest absolute Gasteiger partial charge is 0.210 e. The first kappa shape index (κ1) is 12.5. The average Bonchev–Trinajstić information content (AvgIpc) is 2.29. The highest BCUT2D eigenvalue weighted by atomic mass is 15.3. The Balaban J connectivity index is 2.74. The first-order chi connectivity index (χ1) is 7.67. The molecule has 4 nitrogen and oxygen atoms in total. The number of hydrogen-bond acceptors (Lipinski definition) is 2. The molecule has 0 bridgehead atoms. The normalized spacial score (nSPS) is 11.4. The zero-order chi connectivity index (χ0) is 12.0. The number of hydrazine groups is 1. The third-order valence-corrected chi connectivity index (χ3v) is 2.40. The van der Waals surface area contributed by atoms with Gasteiger partial charge < -0.3 is 5.32 Å². The number of rotatable bonds is 3. The van der Waals surface area contributed by atoms with E-state index in [1.807, 2.05) is 6.07 Å². The first-order valence-electron chi connectivity index (χ1n) is 5.52. The molecule has 0 spiro atoms.